The summed E-state index contributed by atoms with van der Waals surface area (Å²) in [6.07, 6.45) is -0.441. The molecule has 8 heteroatoms. The summed E-state index contributed by atoms with van der Waals surface area (Å²) in [4.78, 5) is 3.92. The van der Waals surface area contributed by atoms with Gasteiger partial charge in [-0.15, -0.1) is 0 Å². The molecule has 98 valence electrons. The summed E-state index contributed by atoms with van der Waals surface area (Å²) in [5.41, 5.74) is 5.31. The summed E-state index contributed by atoms with van der Waals surface area (Å²) >= 11 is 2.09. The van der Waals surface area contributed by atoms with Crippen molar-refractivity contribution in [1.82, 2.24) is 0 Å². The van der Waals surface area contributed by atoms with Crippen molar-refractivity contribution in [2.75, 3.05) is 13.2 Å². The number of halogens is 1. The second-order valence-electron chi connectivity index (χ2n) is 3.61. The van der Waals surface area contributed by atoms with Gasteiger partial charge in [-0.1, -0.05) is 0 Å². The van der Waals surface area contributed by atoms with Crippen molar-refractivity contribution >= 4 is 38.7 Å². The van der Waals surface area contributed by atoms with Gasteiger partial charge < -0.3 is 10.5 Å². The molecule has 0 unspecified atom stereocenters. The average molecular weight is 382 g/mol. The molecule has 0 spiro atoms. The van der Waals surface area contributed by atoms with Crippen LogP contribution in [0.25, 0.3) is 0 Å². The molecule has 0 aromatic heterocycles. The minimum atomic E-state index is -3.76. The Hall–Kier alpha value is -0.870. The number of ether oxygens (including phenoxy) is 1. The molecule has 6 nitrogen and oxygen atoms in total. The first-order valence-electron chi connectivity index (χ1n) is 5.09. The molecular formula is C10H11IN2O4S. The molecule has 1 aliphatic heterocycles. The first kappa shape index (κ1) is 13.6. The molecule has 18 heavy (non-hydrogen) atoms. The van der Waals surface area contributed by atoms with Gasteiger partial charge in [0.2, 0.25) is 0 Å². The van der Waals surface area contributed by atoms with Crippen LogP contribution in [0.5, 0.6) is 0 Å². The van der Waals surface area contributed by atoms with Crippen LogP contribution in [0.4, 0.5) is 0 Å². The number of amidine groups is 1. The molecule has 1 aromatic rings. The van der Waals surface area contributed by atoms with Gasteiger partial charge in [0.1, 0.15) is 12.7 Å². The summed E-state index contributed by atoms with van der Waals surface area (Å²) < 4.78 is 34.6. The van der Waals surface area contributed by atoms with Crippen LogP contribution in [0, 0.1) is 3.57 Å². The lowest BCUT2D eigenvalue weighted by Crippen LogP contribution is -2.24. The number of benzene rings is 1. The highest BCUT2D eigenvalue weighted by molar-refractivity contribution is 14.1. The van der Waals surface area contributed by atoms with E-state index < -0.39 is 16.2 Å². The van der Waals surface area contributed by atoms with Gasteiger partial charge in [-0.3, -0.25) is 4.18 Å². The molecule has 0 amide bonds. The molecular weight excluding hydrogens is 371 g/mol. The fourth-order valence-corrected chi connectivity index (χ4v) is 2.65. The first-order valence-corrected chi connectivity index (χ1v) is 7.57. The van der Waals surface area contributed by atoms with Gasteiger partial charge in [0.25, 0.3) is 16.1 Å². The van der Waals surface area contributed by atoms with Crippen molar-refractivity contribution in [3.05, 3.63) is 27.8 Å². The zero-order valence-corrected chi connectivity index (χ0v) is 12.2. The topological polar surface area (TPSA) is 91.0 Å². The maximum atomic E-state index is 11.8. The summed E-state index contributed by atoms with van der Waals surface area (Å²) in [6.45, 7) is 0.215. The Balaban J connectivity index is 1.98. The molecule has 0 aliphatic carbocycles. The highest BCUT2D eigenvalue weighted by atomic mass is 127. The Morgan fingerprint density at radius 1 is 1.44 bits per heavy atom. The molecule has 0 bridgehead atoms. The summed E-state index contributed by atoms with van der Waals surface area (Å²) in [5.74, 6) is 0. The lowest BCUT2D eigenvalue weighted by Gasteiger charge is -2.10. The molecule has 1 aliphatic rings. The van der Waals surface area contributed by atoms with E-state index in [1.165, 1.54) is 12.1 Å². The molecule has 2 N–H and O–H groups in total. The Morgan fingerprint density at radius 3 is 2.67 bits per heavy atom. The molecule has 0 fully saturated rings. The van der Waals surface area contributed by atoms with Gasteiger partial charge in [-0.05, 0) is 46.9 Å². The van der Waals surface area contributed by atoms with E-state index in [0.29, 0.717) is 6.54 Å². The first-order chi connectivity index (χ1) is 8.47. The van der Waals surface area contributed by atoms with Crippen molar-refractivity contribution < 1.29 is 17.3 Å². The lowest BCUT2D eigenvalue weighted by molar-refractivity contribution is 0.145. The average Bonchev–Trinajstić information content (AvgIpc) is 2.73. The van der Waals surface area contributed by atoms with Crippen molar-refractivity contribution in [1.29, 1.82) is 0 Å². The summed E-state index contributed by atoms with van der Waals surface area (Å²) in [7, 11) is -3.76. The van der Waals surface area contributed by atoms with Gasteiger partial charge >= 0.3 is 0 Å². The lowest BCUT2D eigenvalue weighted by atomic mass is 10.4. The van der Waals surface area contributed by atoms with E-state index in [2.05, 4.69) is 27.6 Å². The van der Waals surface area contributed by atoms with Crippen LogP contribution in [-0.2, 0) is 19.0 Å². The largest absolute Gasteiger partial charge is 0.458 e. The Labute approximate surface area is 118 Å². The van der Waals surface area contributed by atoms with E-state index in [9.17, 15) is 8.42 Å². The number of aliphatic imine (C=N–C) groups is 1. The maximum Gasteiger partial charge on any atom is 0.297 e. The molecule has 1 atom stereocenters. The smallest absolute Gasteiger partial charge is 0.297 e. The van der Waals surface area contributed by atoms with Crippen molar-refractivity contribution in [3.8, 4) is 0 Å². The molecule has 0 radical (unpaired) electrons. The standard InChI is InChI=1S/C10H11IN2O4S/c11-7-1-3-9(4-2-7)18(14,15)16-6-8-5-13-10(12)17-8/h1-4,8H,5-6H2,(H2,12,13)/t8-/m0/s1. The van der Waals surface area contributed by atoms with Gasteiger partial charge in [-0.2, -0.15) is 8.42 Å². The van der Waals surface area contributed by atoms with Crippen LogP contribution >= 0.6 is 22.6 Å². The molecule has 0 saturated carbocycles. The number of hydrogen-bond donors (Lipinski definition) is 1. The highest BCUT2D eigenvalue weighted by Crippen LogP contribution is 2.15. The van der Waals surface area contributed by atoms with Crippen LogP contribution in [-0.4, -0.2) is 33.7 Å². The minimum absolute atomic E-state index is 0.0651. The predicted molar refractivity (Wildman–Crippen MR) is 73.7 cm³/mol. The van der Waals surface area contributed by atoms with Crippen molar-refractivity contribution in [2.24, 2.45) is 10.7 Å². The van der Waals surface area contributed by atoms with E-state index in [0.717, 1.165) is 3.57 Å². The fraction of sp³-hybridized carbons (Fsp3) is 0.300. The van der Waals surface area contributed by atoms with E-state index in [1.807, 2.05) is 0 Å². The quantitative estimate of drug-likeness (QED) is 0.612. The van der Waals surface area contributed by atoms with Crippen molar-refractivity contribution in [2.45, 2.75) is 11.0 Å². The maximum absolute atomic E-state index is 11.8. The number of rotatable bonds is 4. The van der Waals surface area contributed by atoms with Crippen LogP contribution in [0.1, 0.15) is 0 Å². The van der Waals surface area contributed by atoms with Crippen LogP contribution < -0.4 is 5.73 Å². The van der Waals surface area contributed by atoms with E-state index in [4.69, 9.17) is 14.7 Å². The normalized spacial score (nSPS) is 19.4. The number of nitrogens with two attached hydrogens (primary N) is 1. The second kappa shape index (κ2) is 5.41. The van der Waals surface area contributed by atoms with Crippen LogP contribution in [0.15, 0.2) is 34.2 Å². The fourth-order valence-electron chi connectivity index (χ4n) is 1.36. The monoisotopic (exact) mass is 382 g/mol. The predicted octanol–water partition coefficient (Wildman–Crippen LogP) is 0.710. The Morgan fingerprint density at radius 2 is 2.11 bits per heavy atom. The molecule has 1 aromatic carbocycles. The number of nitrogens with zero attached hydrogens (tertiary/aromatic N) is 1. The molecule has 1 heterocycles. The van der Waals surface area contributed by atoms with Gasteiger partial charge in [-0.25, -0.2) is 4.99 Å². The zero-order chi connectivity index (χ0) is 13.2. The summed E-state index contributed by atoms with van der Waals surface area (Å²) in [6, 6.07) is 6.46. The third-order valence-corrected chi connectivity index (χ3v) is 4.26. The third kappa shape index (κ3) is 3.33. The van der Waals surface area contributed by atoms with Gasteiger partial charge in [0, 0.05) is 3.57 Å². The molecule has 0 saturated heterocycles. The van der Waals surface area contributed by atoms with Gasteiger partial charge in [0.15, 0.2) is 0 Å². The minimum Gasteiger partial charge on any atom is -0.458 e. The van der Waals surface area contributed by atoms with Crippen LogP contribution in [0.2, 0.25) is 0 Å². The SMILES string of the molecule is NC1=NC[C@@H](COS(=O)(=O)c2ccc(I)cc2)O1. The highest BCUT2D eigenvalue weighted by Gasteiger charge is 2.22. The Kier molecular flexibility index (Phi) is 4.07. The third-order valence-electron chi connectivity index (χ3n) is 2.25. The van der Waals surface area contributed by atoms with E-state index >= 15 is 0 Å². The number of hydrogen-bond acceptors (Lipinski definition) is 6. The van der Waals surface area contributed by atoms with Gasteiger partial charge in [0.05, 0.1) is 11.4 Å². The zero-order valence-electron chi connectivity index (χ0n) is 9.24. The van der Waals surface area contributed by atoms with Crippen molar-refractivity contribution in [3.63, 3.8) is 0 Å². The van der Waals surface area contributed by atoms with E-state index in [1.54, 1.807) is 12.1 Å². The Bertz CT molecular complexity index is 556. The van der Waals surface area contributed by atoms with E-state index in [-0.39, 0.29) is 17.5 Å². The molecule has 2 rings (SSSR count). The van der Waals surface area contributed by atoms with Crippen LogP contribution in [0.3, 0.4) is 0 Å². The summed E-state index contributed by atoms with van der Waals surface area (Å²) in [5, 5.41) is 0. The second-order valence-corrected chi connectivity index (χ2v) is 6.47.